The van der Waals surface area contributed by atoms with Gasteiger partial charge in [-0.3, -0.25) is 9.69 Å². The van der Waals surface area contributed by atoms with Crippen LogP contribution in [-0.2, 0) is 24.2 Å². The quantitative estimate of drug-likeness (QED) is 0.786. The van der Waals surface area contributed by atoms with Crippen molar-refractivity contribution in [3.8, 4) is 0 Å². The lowest BCUT2D eigenvalue weighted by Gasteiger charge is -2.28. The van der Waals surface area contributed by atoms with Gasteiger partial charge in [-0.2, -0.15) is 0 Å². The first-order valence-electron chi connectivity index (χ1n) is 9.61. The molecule has 0 saturated carbocycles. The maximum atomic E-state index is 13.1. The number of methoxy groups -OCH3 is 1. The molecule has 0 unspecified atom stereocenters. The van der Waals surface area contributed by atoms with Crippen LogP contribution in [0.1, 0.15) is 50.7 Å². The molecule has 1 amide bonds. The van der Waals surface area contributed by atoms with Crippen LogP contribution in [-0.4, -0.2) is 53.7 Å². The van der Waals surface area contributed by atoms with Gasteiger partial charge in [0.15, 0.2) is 0 Å². The van der Waals surface area contributed by atoms with Crippen LogP contribution in [0.3, 0.4) is 0 Å². The van der Waals surface area contributed by atoms with Gasteiger partial charge in [0.25, 0.3) is 5.91 Å². The highest BCUT2D eigenvalue weighted by atomic mass is 32.1. The van der Waals surface area contributed by atoms with Crippen LogP contribution < -0.4 is 0 Å². The molecule has 6 nitrogen and oxygen atoms in total. The number of thiophene rings is 1. The summed E-state index contributed by atoms with van der Waals surface area (Å²) in [4.78, 5) is 18.9. The molecule has 1 atom stereocenters. The molecular formula is C20H27N3O3S. The van der Waals surface area contributed by atoms with Gasteiger partial charge in [0, 0.05) is 49.1 Å². The number of fused-ring (bicyclic) bond motifs is 1. The van der Waals surface area contributed by atoms with Crippen LogP contribution in [0.15, 0.2) is 9.90 Å². The molecule has 1 fully saturated rings. The standard InChI is InChI=1S/C20H27N3O3S/c1-13-17(14(2)26-21-13)9-22-8-6-16-18(12-27-19(16)10-22)20(24)23-7-4-5-15(23)11-25-3/h12,15H,4-11H2,1-3H3/t15-/m0/s1. The molecule has 2 aromatic heterocycles. The summed E-state index contributed by atoms with van der Waals surface area (Å²) in [6, 6.07) is 0.220. The first kappa shape index (κ1) is 18.7. The number of nitrogens with zero attached hydrogens (tertiary/aromatic N) is 3. The molecule has 146 valence electrons. The molecular weight excluding hydrogens is 362 g/mol. The van der Waals surface area contributed by atoms with E-state index in [-0.39, 0.29) is 11.9 Å². The van der Waals surface area contributed by atoms with E-state index in [1.54, 1.807) is 18.4 Å². The summed E-state index contributed by atoms with van der Waals surface area (Å²) < 4.78 is 10.6. The third-order valence-corrected chi connectivity index (χ3v) is 6.83. The highest BCUT2D eigenvalue weighted by molar-refractivity contribution is 7.10. The zero-order chi connectivity index (χ0) is 19.0. The van der Waals surface area contributed by atoms with Crippen molar-refractivity contribution in [2.24, 2.45) is 0 Å². The van der Waals surface area contributed by atoms with Crippen molar-refractivity contribution in [2.45, 2.75) is 52.2 Å². The highest BCUT2D eigenvalue weighted by Crippen LogP contribution is 2.32. The van der Waals surface area contributed by atoms with E-state index in [1.807, 2.05) is 18.7 Å². The van der Waals surface area contributed by atoms with Gasteiger partial charge >= 0.3 is 0 Å². The van der Waals surface area contributed by atoms with Crippen molar-refractivity contribution >= 4 is 17.2 Å². The molecule has 2 aliphatic heterocycles. The molecule has 7 heteroatoms. The number of amides is 1. The van der Waals surface area contributed by atoms with Crippen molar-refractivity contribution in [1.29, 1.82) is 0 Å². The Bertz CT molecular complexity index is 809. The molecule has 0 aromatic carbocycles. The molecule has 27 heavy (non-hydrogen) atoms. The van der Waals surface area contributed by atoms with Gasteiger partial charge in [-0.1, -0.05) is 5.16 Å². The largest absolute Gasteiger partial charge is 0.383 e. The molecule has 0 spiro atoms. The summed E-state index contributed by atoms with van der Waals surface area (Å²) in [5.41, 5.74) is 4.32. The zero-order valence-corrected chi connectivity index (χ0v) is 17.1. The SMILES string of the molecule is COC[C@@H]1CCCN1C(=O)c1csc2c1CCN(Cc1c(C)noc1C)C2. The zero-order valence-electron chi connectivity index (χ0n) is 16.3. The molecule has 1 saturated heterocycles. The number of ether oxygens (including phenoxy) is 1. The Kier molecular flexibility index (Phi) is 5.34. The molecule has 0 radical (unpaired) electrons. The molecule has 2 aliphatic rings. The van der Waals surface area contributed by atoms with E-state index < -0.39 is 0 Å². The second-order valence-corrected chi connectivity index (χ2v) is 8.53. The second kappa shape index (κ2) is 7.73. The number of aryl methyl sites for hydroxylation is 2. The van der Waals surface area contributed by atoms with Crippen LogP contribution in [0.25, 0.3) is 0 Å². The van der Waals surface area contributed by atoms with Gasteiger partial charge in [-0.25, -0.2) is 0 Å². The van der Waals surface area contributed by atoms with Gasteiger partial charge in [0.05, 0.1) is 23.9 Å². The minimum absolute atomic E-state index is 0.186. The third kappa shape index (κ3) is 3.56. The maximum Gasteiger partial charge on any atom is 0.255 e. The van der Waals surface area contributed by atoms with E-state index in [1.165, 1.54) is 16.0 Å². The summed E-state index contributed by atoms with van der Waals surface area (Å²) in [6.45, 7) is 8.13. The summed E-state index contributed by atoms with van der Waals surface area (Å²) in [6.07, 6.45) is 3.03. The van der Waals surface area contributed by atoms with Crippen LogP contribution in [0.4, 0.5) is 0 Å². The lowest BCUT2D eigenvalue weighted by Crippen LogP contribution is -2.39. The van der Waals surface area contributed by atoms with Crippen molar-refractivity contribution in [3.63, 3.8) is 0 Å². The Balaban J connectivity index is 1.48. The lowest BCUT2D eigenvalue weighted by molar-refractivity contribution is 0.0629. The Morgan fingerprint density at radius 2 is 2.26 bits per heavy atom. The van der Waals surface area contributed by atoms with Gasteiger partial charge in [-0.15, -0.1) is 11.3 Å². The van der Waals surface area contributed by atoms with E-state index >= 15 is 0 Å². The highest BCUT2D eigenvalue weighted by Gasteiger charge is 2.32. The van der Waals surface area contributed by atoms with E-state index in [4.69, 9.17) is 9.26 Å². The van der Waals surface area contributed by atoms with Crippen molar-refractivity contribution in [2.75, 3.05) is 26.8 Å². The number of aromatic nitrogens is 1. The first-order valence-corrected chi connectivity index (χ1v) is 10.5. The topological polar surface area (TPSA) is 58.8 Å². The molecule has 4 rings (SSSR count). The monoisotopic (exact) mass is 389 g/mol. The third-order valence-electron chi connectivity index (χ3n) is 5.82. The number of hydrogen-bond donors (Lipinski definition) is 0. The Labute approximate surface area is 164 Å². The second-order valence-electron chi connectivity index (χ2n) is 7.56. The van der Waals surface area contributed by atoms with Crippen molar-refractivity contribution in [1.82, 2.24) is 15.0 Å². The van der Waals surface area contributed by atoms with E-state index in [0.29, 0.717) is 6.61 Å². The van der Waals surface area contributed by atoms with E-state index in [2.05, 4.69) is 15.4 Å². The summed E-state index contributed by atoms with van der Waals surface area (Å²) in [7, 11) is 1.71. The average molecular weight is 390 g/mol. The summed E-state index contributed by atoms with van der Waals surface area (Å²) in [5, 5.41) is 6.12. The van der Waals surface area contributed by atoms with Gasteiger partial charge in [0.1, 0.15) is 5.76 Å². The maximum absolute atomic E-state index is 13.1. The molecule has 0 N–H and O–H groups in total. The summed E-state index contributed by atoms with van der Waals surface area (Å²) >= 11 is 1.72. The van der Waals surface area contributed by atoms with Crippen LogP contribution in [0.2, 0.25) is 0 Å². The molecule has 0 bridgehead atoms. The minimum Gasteiger partial charge on any atom is -0.383 e. The van der Waals surface area contributed by atoms with Gasteiger partial charge < -0.3 is 14.2 Å². The minimum atomic E-state index is 0.186. The van der Waals surface area contributed by atoms with E-state index in [0.717, 1.165) is 62.5 Å². The Hall–Kier alpha value is -1.70. The van der Waals surface area contributed by atoms with Crippen LogP contribution in [0.5, 0.6) is 0 Å². The fourth-order valence-electron chi connectivity index (χ4n) is 4.27. The predicted octanol–water partition coefficient (Wildman–Crippen LogP) is 3.16. The number of likely N-dealkylation sites (tertiary alicyclic amines) is 1. The molecule has 2 aromatic rings. The normalized spacial score (nSPS) is 20.3. The predicted molar refractivity (Wildman–Crippen MR) is 104 cm³/mol. The lowest BCUT2D eigenvalue weighted by atomic mass is 10.0. The van der Waals surface area contributed by atoms with Crippen LogP contribution in [0, 0.1) is 13.8 Å². The fourth-order valence-corrected chi connectivity index (χ4v) is 5.39. The fraction of sp³-hybridized carbons (Fsp3) is 0.600. The number of carbonyl (C=O) groups is 1. The van der Waals surface area contributed by atoms with Crippen molar-refractivity contribution < 1.29 is 14.1 Å². The average Bonchev–Trinajstić information content (AvgIpc) is 3.36. The Morgan fingerprint density at radius 3 is 3.00 bits per heavy atom. The molecule has 4 heterocycles. The van der Waals surface area contributed by atoms with E-state index in [9.17, 15) is 4.79 Å². The van der Waals surface area contributed by atoms with Gasteiger partial charge in [-0.05, 0) is 38.7 Å². The first-order chi connectivity index (χ1) is 13.1. The van der Waals surface area contributed by atoms with Crippen LogP contribution >= 0.6 is 11.3 Å². The van der Waals surface area contributed by atoms with Crippen molar-refractivity contribution in [3.05, 3.63) is 38.4 Å². The number of carbonyl (C=O) groups excluding carboxylic acids is 1. The molecule has 0 aliphatic carbocycles. The Morgan fingerprint density at radius 1 is 1.41 bits per heavy atom. The van der Waals surface area contributed by atoms with Gasteiger partial charge in [0.2, 0.25) is 0 Å². The summed E-state index contributed by atoms with van der Waals surface area (Å²) in [5.74, 6) is 1.09. The number of rotatable bonds is 5. The number of hydrogen-bond acceptors (Lipinski definition) is 6. The smallest absolute Gasteiger partial charge is 0.255 e.